The molecule has 0 fully saturated rings. The quantitative estimate of drug-likeness (QED) is 0.793. The van der Waals surface area contributed by atoms with Gasteiger partial charge in [0.05, 0.1) is 0 Å². The van der Waals surface area contributed by atoms with Crippen molar-refractivity contribution in [3.8, 4) is 11.5 Å². The smallest absolute Gasteiger partial charge is 0.314 e. The highest BCUT2D eigenvalue weighted by atomic mass is 35.5. The van der Waals surface area contributed by atoms with Crippen LogP contribution < -0.4 is 10.6 Å². The van der Waals surface area contributed by atoms with Gasteiger partial charge in [-0.3, -0.25) is 4.98 Å². The normalized spacial score (nSPS) is 10.2. The molecule has 2 N–H and O–H groups in total. The predicted octanol–water partition coefficient (Wildman–Crippen LogP) is 1.48. The molecular weight excluding hydrogens is 278 g/mol. The fourth-order valence-electron chi connectivity index (χ4n) is 1.73. The summed E-state index contributed by atoms with van der Waals surface area (Å²) in [5.74, 6) is 1.19. The molecule has 20 heavy (non-hydrogen) atoms. The second kappa shape index (κ2) is 7.49. The molecular formula is C13H16ClN5O. The van der Waals surface area contributed by atoms with Crippen molar-refractivity contribution < 1.29 is 4.79 Å². The standard InChI is InChI=1S/C13H16ClN5O/c14-4-6-17-13(20)18-8-10-19-9-7-16-12(19)11-3-1-2-5-15-11/h1-3,5,7,9H,4,6,8,10H2,(H2,17,18,20). The Hall–Kier alpha value is -2.08. The van der Waals surface area contributed by atoms with E-state index in [-0.39, 0.29) is 6.03 Å². The van der Waals surface area contributed by atoms with E-state index in [1.54, 1.807) is 12.4 Å². The first-order chi connectivity index (χ1) is 9.81. The minimum atomic E-state index is -0.217. The van der Waals surface area contributed by atoms with Crippen molar-refractivity contribution in [3.63, 3.8) is 0 Å². The van der Waals surface area contributed by atoms with Gasteiger partial charge in [-0.1, -0.05) is 6.07 Å². The average molecular weight is 294 g/mol. The minimum absolute atomic E-state index is 0.217. The van der Waals surface area contributed by atoms with E-state index in [1.807, 2.05) is 29.0 Å². The first-order valence-corrected chi connectivity index (χ1v) is 6.85. The molecule has 0 aliphatic heterocycles. The van der Waals surface area contributed by atoms with E-state index in [2.05, 4.69) is 20.6 Å². The predicted molar refractivity (Wildman–Crippen MR) is 77.6 cm³/mol. The lowest BCUT2D eigenvalue weighted by atomic mass is 10.3. The third-order valence-electron chi connectivity index (χ3n) is 2.63. The van der Waals surface area contributed by atoms with Gasteiger partial charge in [-0.25, -0.2) is 9.78 Å². The first kappa shape index (κ1) is 14.3. The summed E-state index contributed by atoms with van der Waals surface area (Å²) in [4.78, 5) is 19.9. The van der Waals surface area contributed by atoms with Crippen LogP contribution in [0.3, 0.4) is 0 Å². The van der Waals surface area contributed by atoms with E-state index < -0.39 is 0 Å². The lowest BCUT2D eigenvalue weighted by molar-refractivity contribution is 0.241. The van der Waals surface area contributed by atoms with Gasteiger partial charge in [0.1, 0.15) is 5.69 Å². The van der Waals surface area contributed by atoms with Crippen molar-refractivity contribution in [2.75, 3.05) is 19.0 Å². The fraction of sp³-hybridized carbons (Fsp3) is 0.308. The molecule has 106 valence electrons. The van der Waals surface area contributed by atoms with Gasteiger partial charge in [-0.15, -0.1) is 11.6 Å². The lowest BCUT2D eigenvalue weighted by Gasteiger charge is -2.09. The number of rotatable bonds is 6. The highest BCUT2D eigenvalue weighted by Gasteiger charge is 2.06. The summed E-state index contributed by atoms with van der Waals surface area (Å²) < 4.78 is 1.95. The van der Waals surface area contributed by atoms with Crippen LogP contribution in [0.1, 0.15) is 0 Å². The summed E-state index contributed by atoms with van der Waals surface area (Å²) in [5.41, 5.74) is 0.809. The van der Waals surface area contributed by atoms with Crippen molar-refractivity contribution in [3.05, 3.63) is 36.8 Å². The Bertz CT molecular complexity index is 543. The molecule has 7 heteroatoms. The van der Waals surface area contributed by atoms with E-state index in [1.165, 1.54) is 0 Å². The van der Waals surface area contributed by atoms with Crippen molar-refractivity contribution in [1.29, 1.82) is 0 Å². The number of nitrogens with one attached hydrogen (secondary N) is 2. The molecule has 0 spiro atoms. The largest absolute Gasteiger partial charge is 0.337 e. The van der Waals surface area contributed by atoms with Crippen LogP contribution in [-0.2, 0) is 6.54 Å². The Morgan fingerprint density at radius 2 is 2.05 bits per heavy atom. The average Bonchev–Trinajstić information content (AvgIpc) is 2.94. The van der Waals surface area contributed by atoms with Crippen molar-refractivity contribution in [2.24, 2.45) is 0 Å². The molecule has 2 aromatic heterocycles. The van der Waals surface area contributed by atoms with E-state index in [0.29, 0.717) is 25.5 Å². The van der Waals surface area contributed by atoms with E-state index in [0.717, 1.165) is 11.5 Å². The zero-order valence-corrected chi connectivity index (χ0v) is 11.7. The SMILES string of the molecule is O=C(NCCCl)NCCn1ccnc1-c1ccccn1. The number of carbonyl (C=O) groups is 1. The Balaban J connectivity index is 1.89. The number of urea groups is 1. The topological polar surface area (TPSA) is 71.8 Å². The molecule has 0 aliphatic carbocycles. The zero-order valence-electron chi connectivity index (χ0n) is 10.9. The third-order valence-corrected chi connectivity index (χ3v) is 2.82. The van der Waals surface area contributed by atoms with Gasteiger partial charge in [0.2, 0.25) is 0 Å². The van der Waals surface area contributed by atoms with Crippen LogP contribution >= 0.6 is 11.6 Å². The van der Waals surface area contributed by atoms with E-state index in [9.17, 15) is 4.79 Å². The van der Waals surface area contributed by atoms with Crippen molar-refractivity contribution >= 4 is 17.6 Å². The first-order valence-electron chi connectivity index (χ1n) is 6.31. The summed E-state index contributed by atoms with van der Waals surface area (Å²) in [6, 6.07) is 5.46. The highest BCUT2D eigenvalue weighted by molar-refractivity contribution is 6.18. The number of nitrogens with zero attached hydrogens (tertiary/aromatic N) is 3. The number of pyridine rings is 1. The molecule has 0 aromatic carbocycles. The van der Waals surface area contributed by atoms with Gasteiger partial charge in [0.25, 0.3) is 0 Å². The van der Waals surface area contributed by atoms with Gasteiger partial charge in [0, 0.05) is 44.1 Å². The molecule has 0 saturated heterocycles. The molecule has 6 nitrogen and oxygen atoms in total. The van der Waals surface area contributed by atoms with Crippen molar-refractivity contribution in [1.82, 2.24) is 25.2 Å². The van der Waals surface area contributed by atoms with Crippen LogP contribution in [0, 0.1) is 0 Å². The summed E-state index contributed by atoms with van der Waals surface area (Å²) >= 11 is 5.49. The second-order valence-electron chi connectivity index (χ2n) is 4.03. The molecule has 2 aromatic rings. The molecule has 2 rings (SSSR count). The Morgan fingerprint density at radius 3 is 2.80 bits per heavy atom. The van der Waals surface area contributed by atoms with Gasteiger partial charge >= 0.3 is 6.03 Å². The van der Waals surface area contributed by atoms with Gasteiger partial charge in [0.15, 0.2) is 5.82 Å². The molecule has 0 bridgehead atoms. The Labute approximate surface area is 122 Å². The van der Waals surface area contributed by atoms with Crippen LogP contribution in [0.2, 0.25) is 0 Å². The van der Waals surface area contributed by atoms with Gasteiger partial charge in [-0.05, 0) is 12.1 Å². The molecule has 0 radical (unpaired) electrons. The number of hydrogen-bond donors (Lipinski definition) is 2. The lowest BCUT2D eigenvalue weighted by Crippen LogP contribution is -2.38. The molecule has 0 saturated carbocycles. The Morgan fingerprint density at radius 1 is 1.20 bits per heavy atom. The number of carbonyl (C=O) groups excluding carboxylic acids is 1. The summed E-state index contributed by atoms with van der Waals surface area (Å²) in [7, 11) is 0. The summed E-state index contributed by atoms with van der Waals surface area (Å²) in [6.45, 7) is 1.59. The van der Waals surface area contributed by atoms with Crippen LogP contribution in [-0.4, -0.2) is 39.5 Å². The minimum Gasteiger partial charge on any atom is -0.337 e. The van der Waals surface area contributed by atoms with Crippen LogP contribution in [0.15, 0.2) is 36.8 Å². The molecule has 0 aliphatic rings. The van der Waals surface area contributed by atoms with Crippen LogP contribution in [0.25, 0.3) is 11.5 Å². The van der Waals surface area contributed by atoms with E-state index >= 15 is 0 Å². The summed E-state index contributed by atoms with van der Waals surface area (Å²) in [5, 5.41) is 5.40. The maximum absolute atomic E-state index is 11.4. The zero-order chi connectivity index (χ0) is 14.2. The summed E-state index contributed by atoms with van der Waals surface area (Å²) in [6.07, 6.45) is 5.31. The monoisotopic (exact) mass is 293 g/mol. The maximum Gasteiger partial charge on any atom is 0.314 e. The molecule has 2 amide bonds. The number of amides is 2. The maximum atomic E-state index is 11.4. The number of halogens is 1. The molecule has 0 unspecified atom stereocenters. The van der Waals surface area contributed by atoms with E-state index in [4.69, 9.17) is 11.6 Å². The van der Waals surface area contributed by atoms with Crippen LogP contribution in [0.5, 0.6) is 0 Å². The Kier molecular flexibility index (Phi) is 5.37. The van der Waals surface area contributed by atoms with Crippen LogP contribution in [0.4, 0.5) is 4.79 Å². The molecule has 2 heterocycles. The van der Waals surface area contributed by atoms with Gasteiger partial charge < -0.3 is 15.2 Å². The second-order valence-corrected chi connectivity index (χ2v) is 4.41. The number of aromatic nitrogens is 3. The highest BCUT2D eigenvalue weighted by Crippen LogP contribution is 2.13. The van der Waals surface area contributed by atoms with Gasteiger partial charge in [-0.2, -0.15) is 0 Å². The number of imidazole rings is 1. The molecule has 0 atom stereocenters. The van der Waals surface area contributed by atoms with Crippen molar-refractivity contribution in [2.45, 2.75) is 6.54 Å². The third kappa shape index (κ3) is 3.96. The fourth-order valence-corrected chi connectivity index (χ4v) is 1.83. The number of alkyl halides is 1. The number of hydrogen-bond acceptors (Lipinski definition) is 3.